The van der Waals surface area contributed by atoms with Crippen molar-refractivity contribution in [2.24, 2.45) is 57.7 Å². The third-order valence-electron chi connectivity index (χ3n) is 11.4. The summed E-state index contributed by atoms with van der Waals surface area (Å²) in [6.07, 6.45) is 11.8. The second-order valence-electron chi connectivity index (χ2n) is 13.6. The van der Waals surface area contributed by atoms with E-state index in [1.807, 2.05) is 0 Å². The molecule has 4 saturated carbocycles. The predicted octanol–water partition coefficient (Wildman–Crippen LogP) is 7.13. The molecular weight excluding hydrogens is 434 g/mol. The van der Waals surface area contributed by atoms with E-state index in [1.165, 1.54) is 6.92 Å². The van der Waals surface area contributed by atoms with Crippen molar-refractivity contribution < 1.29 is 14.3 Å². The maximum atomic E-state index is 14.1. The zero-order valence-electron chi connectivity index (χ0n) is 23.1. The van der Waals surface area contributed by atoms with E-state index in [0.29, 0.717) is 41.8 Å². The molecule has 0 aromatic carbocycles. The van der Waals surface area contributed by atoms with Gasteiger partial charge in [-0.05, 0) is 91.3 Å². The van der Waals surface area contributed by atoms with Crippen LogP contribution in [0.1, 0.15) is 99.8 Å². The summed E-state index contributed by atoms with van der Waals surface area (Å²) in [6, 6.07) is 2.85. The van der Waals surface area contributed by atoms with Crippen molar-refractivity contribution in [2.75, 3.05) is 0 Å². The highest BCUT2D eigenvalue weighted by Crippen LogP contribution is 2.72. The fourth-order valence-electron chi connectivity index (χ4n) is 9.34. The Morgan fingerprint density at radius 1 is 1.06 bits per heavy atom. The number of allylic oxidation sites excluding steroid dienone is 2. The summed E-state index contributed by atoms with van der Waals surface area (Å²) >= 11 is 0. The zero-order valence-corrected chi connectivity index (χ0v) is 23.1. The number of carbonyl (C=O) groups excluding carboxylic acids is 2. The van der Waals surface area contributed by atoms with Gasteiger partial charge in [0.1, 0.15) is 11.9 Å². The Morgan fingerprint density at radius 2 is 1.77 bits per heavy atom. The van der Waals surface area contributed by atoms with Gasteiger partial charge in [0, 0.05) is 19.3 Å². The number of hydrogen-bond acceptors (Lipinski definition) is 4. The molecule has 0 spiro atoms. The van der Waals surface area contributed by atoms with Gasteiger partial charge in [-0.25, -0.2) is 0 Å². The maximum Gasteiger partial charge on any atom is 0.302 e. The molecule has 0 aromatic heterocycles. The summed E-state index contributed by atoms with van der Waals surface area (Å²) in [4.78, 5) is 25.7. The first-order valence-electron chi connectivity index (χ1n) is 14.2. The molecule has 35 heavy (non-hydrogen) atoms. The van der Waals surface area contributed by atoms with E-state index in [9.17, 15) is 14.9 Å². The minimum atomic E-state index is -0.549. The number of carbonyl (C=O) groups is 2. The van der Waals surface area contributed by atoms with Gasteiger partial charge in [0.25, 0.3) is 0 Å². The Balaban J connectivity index is 1.62. The first kappa shape index (κ1) is 26.4. The topological polar surface area (TPSA) is 67.2 Å². The van der Waals surface area contributed by atoms with Crippen LogP contribution in [0.3, 0.4) is 0 Å². The van der Waals surface area contributed by atoms with E-state index in [4.69, 9.17) is 4.74 Å². The average Bonchev–Trinajstić information content (AvgIpc) is 3.13. The number of ketones is 1. The number of hydrogen-bond donors (Lipinski definition) is 0. The van der Waals surface area contributed by atoms with Gasteiger partial charge in [0.05, 0.1) is 11.5 Å². The Labute approximate surface area is 213 Å². The minimum absolute atomic E-state index is 0.0409. The van der Waals surface area contributed by atoms with Gasteiger partial charge in [-0.15, -0.1) is 0 Å². The van der Waals surface area contributed by atoms with Crippen LogP contribution in [0.5, 0.6) is 0 Å². The number of rotatable bonds is 5. The Bertz CT molecular complexity index is 917. The largest absolute Gasteiger partial charge is 0.463 e. The number of nitriles is 1. The van der Waals surface area contributed by atoms with Crippen LogP contribution in [-0.4, -0.2) is 17.9 Å². The van der Waals surface area contributed by atoms with Crippen molar-refractivity contribution in [3.05, 3.63) is 12.2 Å². The summed E-state index contributed by atoms with van der Waals surface area (Å²) < 4.78 is 5.58. The lowest BCUT2D eigenvalue weighted by molar-refractivity contribution is -0.180. The molecule has 0 bridgehead atoms. The average molecular weight is 482 g/mol. The summed E-state index contributed by atoms with van der Waals surface area (Å²) in [7, 11) is 0. The summed E-state index contributed by atoms with van der Waals surface area (Å²) in [5.74, 6) is 2.60. The van der Waals surface area contributed by atoms with Crippen LogP contribution < -0.4 is 0 Å². The second kappa shape index (κ2) is 9.35. The summed E-state index contributed by atoms with van der Waals surface area (Å²) in [5, 5.41) is 10.8. The molecule has 10 atom stereocenters. The lowest BCUT2D eigenvalue weighted by Crippen LogP contribution is -2.63. The second-order valence-corrected chi connectivity index (χ2v) is 13.6. The van der Waals surface area contributed by atoms with Gasteiger partial charge in [0.2, 0.25) is 0 Å². The van der Waals surface area contributed by atoms with Crippen molar-refractivity contribution >= 4 is 11.8 Å². The molecule has 4 aliphatic carbocycles. The van der Waals surface area contributed by atoms with E-state index < -0.39 is 5.41 Å². The van der Waals surface area contributed by atoms with Crippen LogP contribution in [0, 0.1) is 69.0 Å². The highest BCUT2D eigenvalue weighted by molar-refractivity contribution is 5.85. The van der Waals surface area contributed by atoms with Crippen LogP contribution >= 0.6 is 0 Å². The number of ether oxygens (including phenoxy) is 1. The van der Waals surface area contributed by atoms with Crippen molar-refractivity contribution in [1.29, 1.82) is 5.26 Å². The molecule has 194 valence electrons. The lowest BCUT2D eigenvalue weighted by Gasteiger charge is -2.63. The lowest BCUT2D eigenvalue weighted by atomic mass is 9.38. The van der Waals surface area contributed by atoms with E-state index in [-0.39, 0.29) is 34.7 Å². The molecule has 4 heteroatoms. The fourth-order valence-corrected chi connectivity index (χ4v) is 9.34. The smallest absolute Gasteiger partial charge is 0.302 e. The van der Waals surface area contributed by atoms with Crippen molar-refractivity contribution in [3.63, 3.8) is 0 Å². The summed E-state index contributed by atoms with van der Waals surface area (Å²) in [5.41, 5.74) is -0.821. The van der Waals surface area contributed by atoms with Gasteiger partial charge in [-0.1, -0.05) is 53.7 Å². The number of esters is 1. The number of nitrogens with zero attached hydrogens (tertiary/aromatic N) is 1. The third-order valence-corrected chi connectivity index (χ3v) is 11.4. The Morgan fingerprint density at radius 3 is 2.40 bits per heavy atom. The fraction of sp³-hybridized carbons (Fsp3) is 0.839. The van der Waals surface area contributed by atoms with Crippen LogP contribution in [0.25, 0.3) is 0 Å². The molecular formula is C31H47NO3. The van der Waals surface area contributed by atoms with Crippen LogP contribution in [0.15, 0.2) is 12.2 Å². The monoisotopic (exact) mass is 481 g/mol. The SMILES string of the molecule is CC(=O)O[C@H]1CC[C@@]2(C)[C@@H](CC[C@@]3(C#N)[C@@H]4CC[C@H]([C@H](C)/C=C/[C@H](C)C(C)C)[C@@]4(C)CC(=O)[C@H]23)C1. The molecule has 4 rings (SSSR count). The highest BCUT2D eigenvalue weighted by Gasteiger charge is 2.70. The van der Waals surface area contributed by atoms with Crippen LogP contribution in [-0.2, 0) is 14.3 Å². The van der Waals surface area contributed by atoms with Gasteiger partial charge < -0.3 is 4.74 Å². The maximum absolute atomic E-state index is 14.1. The van der Waals surface area contributed by atoms with E-state index in [2.05, 4.69) is 59.8 Å². The molecule has 0 aromatic rings. The molecule has 4 nitrogen and oxygen atoms in total. The molecule has 0 unspecified atom stereocenters. The van der Waals surface area contributed by atoms with Crippen LogP contribution in [0.2, 0.25) is 0 Å². The standard InChI is InChI=1S/C31H47NO3/c1-19(2)20(3)8-9-21(4)25-10-11-27-30(25,7)17-26(34)28-29(6)14-13-24(35-22(5)33)16-23(29)12-15-31(27,28)18-32/h8-9,19-21,23-25,27-28H,10-17H2,1-7H3/b9-8+/t20-,21+,23-,24-,25+,27+,28+,29-,30+,31+/m0/s1. The number of fused-ring (bicyclic) bond motifs is 5. The Kier molecular flexibility index (Phi) is 7.06. The first-order chi connectivity index (χ1) is 16.4. The molecule has 4 aliphatic rings. The first-order valence-corrected chi connectivity index (χ1v) is 14.2. The van der Waals surface area contributed by atoms with E-state index >= 15 is 0 Å². The molecule has 0 radical (unpaired) electrons. The highest BCUT2D eigenvalue weighted by atomic mass is 16.5. The molecule has 0 N–H and O–H groups in total. The van der Waals surface area contributed by atoms with Crippen LogP contribution in [0.4, 0.5) is 0 Å². The molecule has 4 fully saturated rings. The molecule has 0 amide bonds. The van der Waals surface area contributed by atoms with Gasteiger partial charge in [-0.2, -0.15) is 5.26 Å². The van der Waals surface area contributed by atoms with Gasteiger partial charge in [-0.3, -0.25) is 9.59 Å². The van der Waals surface area contributed by atoms with E-state index in [0.717, 1.165) is 44.9 Å². The quantitative estimate of drug-likeness (QED) is 0.309. The normalized spacial score (nSPS) is 44.8. The number of Topliss-reactive ketones (excluding diaryl/α,β-unsaturated/α-hetero) is 1. The molecule has 0 aliphatic heterocycles. The Hall–Kier alpha value is -1.63. The predicted molar refractivity (Wildman–Crippen MR) is 138 cm³/mol. The molecule has 0 heterocycles. The van der Waals surface area contributed by atoms with Crippen molar-refractivity contribution in [2.45, 2.75) is 106 Å². The minimum Gasteiger partial charge on any atom is -0.463 e. The molecule has 0 saturated heterocycles. The van der Waals surface area contributed by atoms with Gasteiger partial charge >= 0.3 is 5.97 Å². The van der Waals surface area contributed by atoms with Crippen molar-refractivity contribution in [1.82, 2.24) is 0 Å². The van der Waals surface area contributed by atoms with E-state index in [1.54, 1.807) is 0 Å². The zero-order chi connectivity index (χ0) is 25.8. The summed E-state index contributed by atoms with van der Waals surface area (Å²) in [6.45, 7) is 15.2. The third kappa shape index (κ3) is 4.19. The van der Waals surface area contributed by atoms with Gasteiger partial charge in [0.15, 0.2) is 0 Å². The van der Waals surface area contributed by atoms with Crippen molar-refractivity contribution in [3.8, 4) is 6.07 Å².